The van der Waals surface area contributed by atoms with Crippen LogP contribution in [0.5, 0.6) is 5.75 Å². The number of benzene rings is 1. The lowest BCUT2D eigenvalue weighted by atomic mass is 10.1. The molecule has 1 aromatic carbocycles. The SMILES string of the molecule is COc1cc(C(=O)Cl)c2oc(C)cc2c1. The Morgan fingerprint density at radius 2 is 2.13 bits per heavy atom. The number of methoxy groups -OCH3 is 1. The van der Waals surface area contributed by atoms with Crippen LogP contribution < -0.4 is 4.74 Å². The molecule has 0 saturated carbocycles. The predicted molar refractivity (Wildman–Crippen MR) is 57.7 cm³/mol. The molecule has 0 bridgehead atoms. The molecule has 1 heterocycles. The fourth-order valence-corrected chi connectivity index (χ4v) is 1.66. The maximum atomic E-state index is 11.2. The maximum Gasteiger partial charge on any atom is 0.256 e. The summed E-state index contributed by atoms with van der Waals surface area (Å²) < 4.78 is 10.5. The smallest absolute Gasteiger partial charge is 0.256 e. The Morgan fingerprint density at radius 3 is 2.73 bits per heavy atom. The van der Waals surface area contributed by atoms with Crippen molar-refractivity contribution in [3.63, 3.8) is 0 Å². The lowest BCUT2D eigenvalue weighted by molar-refractivity contribution is 0.108. The molecule has 0 fully saturated rings. The summed E-state index contributed by atoms with van der Waals surface area (Å²) in [4.78, 5) is 11.2. The molecule has 0 saturated heterocycles. The average Bonchev–Trinajstić information content (AvgIpc) is 2.55. The van der Waals surface area contributed by atoms with Crippen LogP contribution in [0.15, 0.2) is 22.6 Å². The van der Waals surface area contributed by atoms with Gasteiger partial charge in [0.25, 0.3) is 5.24 Å². The van der Waals surface area contributed by atoms with Crippen LogP contribution in [0.2, 0.25) is 0 Å². The van der Waals surface area contributed by atoms with Crippen LogP contribution in [-0.4, -0.2) is 12.4 Å². The van der Waals surface area contributed by atoms with E-state index in [-0.39, 0.29) is 0 Å². The van der Waals surface area contributed by atoms with Gasteiger partial charge in [-0.1, -0.05) is 0 Å². The molecule has 0 aliphatic carbocycles. The molecule has 3 nitrogen and oxygen atoms in total. The monoisotopic (exact) mass is 224 g/mol. The minimum Gasteiger partial charge on any atom is -0.497 e. The maximum absolute atomic E-state index is 11.2. The zero-order chi connectivity index (χ0) is 11.0. The highest BCUT2D eigenvalue weighted by molar-refractivity contribution is 6.68. The fourth-order valence-electron chi connectivity index (χ4n) is 1.52. The third-order valence-electron chi connectivity index (χ3n) is 2.16. The summed E-state index contributed by atoms with van der Waals surface area (Å²) in [5.41, 5.74) is 0.840. The zero-order valence-electron chi connectivity index (χ0n) is 8.33. The van der Waals surface area contributed by atoms with Crippen LogP contribution in [0.4, 0.5) is 0 Å². The van der Waals surface area contributed by atoms with Gasteiger partial charge in [-0.05, 0) is 36.7 Å². The van der Waals surface area contributed by atoms with E-state index in [4.69, 9.17) is 20.8 Å². The van der Waals surface area contributed by atoms with Crippen molar-refractivity contribution in [2.75, 3.05) is 7.11 Å². The van der Waals surface area contributed by atoms with E-state index in [1.807, 2.05) is 13.0 Å². The Balaban J connectivity index is 2.79. The van der Waals surface area contributed by atoms with Crippen LogP contribution in [-0.2, 0) is 0 Å². The quantitative estimate of drug-likeness (QED) is 0.736. The molecule has 4 heteroatoms. The summed E-state index contributed by atoms with van der Waals surface area (Å²) >= 11 is 5.47. The van der Waals surface area contributed by atoms with Gasteiger partial charge in [0.1, 0.15) is 17.1 Å². The van der Waals surface area contributed by atoms with Crippen molar-refractivity contribution in [3.05, 3.63) is 29.5 Å². The van der Waals surface area contributed by atoms with Gasteiger partial charge in [0.2, 0.25) is 0 Å². The number of aryl methyl sites for hydroxylation is 1. The lowest BCUT2D eigenvalue weighted by Crippen LogP contribution is -1.91. The Morgan fingerprint density at radius 1 is 1.40 bits per heavy atom. The number of furan rings is 1. The molecular weight excluding hydrogens is 216 g/mol. The third-order valence-corrected chi connectivity index (χ3v) is 2.36. The number of hydrogen-bond acceptors (Lipinski definition) is 3. The summed E-state index contributed by atoms with van der Waals surface area (Å²) in [5, 5.41) is 0.268. The second-order valence-electron chi connectivity index (χ2n) is 3.22. The van der Waals surface area contributed by atoms with Gasteiger partial charge in [-0.2, -0.15) is 0 Å². The summed E-state index contributed by atoms with van der Waals surface area (Å²) in [6.07, 6.45) is 0. The first kappa shape index (κ1) is 10.1. The number of fused-ring (bicyclic) bond motifs is 1. The van der Waals surface area contributed by atoms with Crippen molar-refractivity contribution in [2.45, 2.75) is 6.92 Å². The van der Waals surface area contributed by atoms with Crippen molar-refractivity contribution in [1.29, 1.82) is 0 Å². The average molecular weight is 225 g/mol. The van der Waals surface area contributed by atoms with Crippen molar-refractivity contribution in [3.8, 4) is 5.75 Å². The second kappa shape index (κ2) is 3.59. The minimum absolute atomic E-state index is 0.333. The van der Waals surface area contributed by atoms with Crippen molar-refractivity contribution < 1.29 is 13.9 Å². The topological polar surface area (TPSA) is 39.4 Å². The van der Waals surface area contributed by atoms with E-state index < -0.39 is 5.24 Å². The van der Waals surface area contributed by atoms with Gasteiger partial charge in [-0.15, -0.1) is 0 Å². The van der Waals surface area contributed by atoms with E-state index in [1.54, 1.807) is 12.1 Å². The Kier molecular flexibility index (Phi) is 2.40. The summed E-state index contributed by atoms with van der Waals surface area (Å²) in [5.74, 6) is 1.32. The van der Waals surface area contributed by atoms with Crippen LogP contribution in [0.25, 0.3) is 11.0 Å². The third kappa shape index (κ3) is 1.70. The highest BCUT2D eigenvalue weighted by atomic mass is 35.5. The lowest BCUT2D eigenvalue weighted by Gasteiger charge is -2.01. The molecule has 2 rings (SSSR count). The first-order chi connectivity index (χ1) is 7.11. The van der Waals surface area contributed by atoms with Crippen LogP contribution in [0.1, 0.15) is 16.1 Å². The molecule has 15 heavy (non-hydrogen) atoms. The van der Waals surface area contributed by atoms with Gasteiger partial charge in [0.05, 0.1) is 12.7 Å². The van der Waals surface area contributed by atoms with Gasteiger partial charge < -0.3 is 9.15 Å². The number of ether oxygens (including phenoxy) is 1. The van der Waals surface area contributed by atoms with Gasteiger partial charge in [-0.3, -0.25) is 4.79 Å². The number of carbonyl (C=O) groups is 1. The molecule has 0 N–H and O–H groups in total. The molecule has 2 aromatic rings. The zero-order valence-corrected chi connectivity index (χ0v) is 9.09. The van der Waals surface area contributed by atoms with E-state index in [0.717, 1.165) is 11.1 Å². The number of halogens is 1. The van der Waals surface area contributed by atoms with E-state index in [0.29, 0.717) is 16.9 Å². The minimum atomic E-state index is -0.548. The fraction of sp³-hybridized carbons (Fsp3) is 0.182. The highest BCUT2D eigenvalue weighted by Crippen LogP contribution is 2.29. The molecule has 0 atom stereocenters. The van der Waals surface area contributed by atoms with Gasteiger partial charge in [0, 0.05) is 5.39 Å². The standard InChI is InChI=1S/C11H9ClO3/c1-6-3-7-4-8(14-2)5-9(11(12)13)10(7)15-6/h3-5H,1-2H3. The second-order valence-corrected chi connectivity index (χ2v) is 3.57. The van der Waals surface area contributed by atoms with Crippen LogP contribution >= 0.6 is 11.6 Å². The van der Waals surface area contributed by atoms with E-state index in [2.05, 4.69) is 0 Å². The van der Waals surface area contributed by atoms with Crippen LogP contribution in [0.3, 0.4) is 0 Å². The van der Waals surface area contributed by atoms with E-state index in [1.165, 1.54) is 7.11 Å². The Hall–Kier alpha value is -1.48. The molecule has 0 aliphatic heterocycles. The van der Waals surface area contributed by atoms with Gasteiger partial charge in [-0.25, -0.2) is 0 Å². The van der Waals surface area contributed by atoms with Crippen molar-refractivity contribution in [2.24, 2.45) is 0 Å². The first-order valence-electron chi connectivity index (χ1n) is 4.40. The summed E-state index contributed by atoms with van der Waals surface area (Å²) in [7, 11) is 1.54. The number of hydrogen-bond donors (Lipinski definition) is 0. The molecule has 78 valence electrons. The first-order valence-corrected chi connectivity index (χ1v) is 4.77. The Bertz CT molecular complexity index is 528. The molecular formula is C11H9ClO3. The van der Waals surface area contributed by atoms with E-state index in [9.17, 15) is 4.79 Å². The number of rotatable bonds is 2. The molecule has 1 aromatic heterocycles. The van der Waals surface area contributed by atoms with Gasteiger partial charge >= 0.3 is 0 Å². The summed E-state index contributed by atoms with van der Waals surface area (Å²) in [6.45, 7) is 1.81. The molecule has 0 unspecified atom stereocenters. The molecule has 0 aliphatic rings. The number of carbonyl (C=O) groups excluding carboxylic acids is 1. The largest absolute Gasteiger partial charge is 0.497 e. The molecule has 0 spiro atoms. The predicted octanol–water partition coefficient (Wildman–Crippen LogP) is 3.13. The highest BCUT2D eigenvalue weighted by Gasteiger charge is 2.13. The normalized spacial score (nSPS) is 10.6. The van der Waals surface area contributed by atoms with E-state index >= 15 is 0 Å². The Labute approximate surface area is 91.6 Å². The summed E-state index contributed by atoms with van der Waals surface area (Å²) in [6, 6.07) is 5.21. The van der Waals surface area contributed by atoms with Gasteiger partial charge in [0.15, 0.2) is 0 Å². The van der Waals surface area contributed by atoms with Crippen LogP contribution in [0, 0.1) is 6.92 Å². The van der Waals surface area contributed by atoms with Crippen molar-refractivity contribution in [1.82, 2.24) is 0 Å². The van der Waals surface area contributed by atoms with Crippen molar-refractivity contribution >= 4 is 27.8 Å². The molecule has 0 amide bonds. The molecule has 0 radical (unpaired) electrons.